The van der Waals surface area contributed by atoms with Crippen LogP contribution in [0.4, 0.5) is 30.2 Å². The summed E-state index contributed by atoms with van der Waals surface area (Å²) in [5.74, 6) is -2.42. The summed E-state index contributed by atoms with van der Waals surface area (Å²) >= 11 is 0. The SMILES string of the molecule is C=CC(=O)Nc1cc(N)c(OC)cc1N(C)CCN1CCC1.O=C(O)C(F)(F)F. The number of nitrogens with one attached hydrogen (secondary N) is 1. The van der Waals surface area contributed by atoms with Crippen molar-refractivity contribution in [2.75, 3.05) is 56.3 Å². The molecule has 162 valence electrons. The van der Waals surface area contributed by atoms with Gasteiger partial charge in [-0.15, -0.1) is 0 Å². The highest BCUT2D eigenvalue weighted by Gasteiger charge is 2.38. The second-order valence-electron chi connectivity index (χ2n) is 6.22. The molecule has 0 aromatic heterocycles. The average molecular weight is 418 g/mol. The van der Waals surface area contributed by atoms with Gasteiger partial charge in [-0.3, -0.25) is 4.79 Å². The number of likely N-dealkylation sites (N-methyl/N-ethyl adjacent to an activating group) is 1. The predicted octanol–water partition coefficient (Wildman–Crippen LogP) is 2.18. The maximum atomic E-state index is 11.6. The van der Waals surface area contributed by atoms with E-state index in [9.17, 15) is 18.0 Å². The van der Waals surface area contributed by atoms with Crippen molar-refractivity contribution in [2.45, 2.75) is 12.6 Å². The minimum Gasteiger partial charge on any atom is -0.495 e. The molecule has 11 heteroatoms. The standard InChI is InChI=1S/C16H24N4O2.C2HF3O2/c1-4-16(21)18-13-10-12(17)15(22-3)11-14(13)19(2)8-9-20-6-5-7-20;3-2(4,5)1(6)7/h4,10-11H,1,5-9,17H2,2-3H3,(H,18,21);(H,6,7). The molecule has 1 aliphatic heterocycles. The average Bonchev–Trinajstić information content (AvgIpc) is 2.60. The number of carbonyl (C=O) groups is 2. The Kier molecular flexibility index (Phi) is 8.77. The summed E-state index contributed by atoms with van der Waals surface area (Å²) in [5, 5.41) is 9.93. The minimum absolute atomic E-state index is 0.262. The minimum atomic E-state index is -5.08. The normalized spacial score (nSPS) is 13.4. The van der Waals surface area contributed by atoms with E-state index in [2.05, 4.69) is 21.7 Å². The number of aliphatic carboxylic acids is 1. The smallest absolute Gasteiger partial charge is 0.490 e. The number of carboxylic acid groups (broad SMARTS) is 1. The number of benzene rings is 1. The summed E-state index contributed by atoms with van der Waals surface area (Å²) < 4.78 is 37.0. The topological polar surface area (TPSA) is 108 Å². The van der Waals surface area contributed by atoms with Gasteiger partial charge in [0.2, 0.25) is 5.91 Å². The Hall–Kier alpha value is -2.95. The van der Waals surface area contributed by atoms with Crippen LogP contribution in [0.2, 0.25) is 0 Å². The molecule has 2 rings (SSSR count). The van der Waals surface area contributed by atoms with E-state index < -0.39 is 12.1 Å². The summed E-state index contributed by atoms with van der Waals surface area (Å²) in [7, 11) is 3.58. The number of nitrogen functional groups attached to an aromatic ring is 1. The van der Waals surface area contributed by atoms with Crippen LogP contribution < -0.4 is 20.7 Å². The Morgan fingerprint density at radius 2 is 2.00 bits per heavy atom. The monoisotopic (exact) mass is 418 g/mol. The van der Waals surface area contributed by atoms with Crippen LogP contribution in [0.1, 0.15) is 6.42 Å². The van der Waals surface area contributed by atoms with Crippen LogP contribution >= 0.6 is 0 Å². The lowest BCUT2D eigenvalue weighted by atomic mass is 10.2. The number of likely N-dealkylation sites (tertiary alicyclic amines) is 1. The first-order valence-corrected chi connectivity index (χ1v) is 8.64. The fourth-order valence-corrected chi connectivity index (χ4v) is 2.38. The van der Waals surface area contributed by atoms with Crippen molar-refractivity contribution < 1.29 is 32.6 Å². The van der Waals surface area contributed by atoms with Crippen LogP contribution in [0.5, 0.6) is 5.75 Å². The van der Waals surface area contributed by atoms with Gasteiger partial charge in [-0.25, -0.2) is 4.79 Å². The fourth-order valence-electron chi connectivity index (χ4n) is 2.38. The molecular formula is C18H25F3N4O4. The van der Waals surface area contributed by atoms with Crippen molar-refractivity contribution >= 4 is 28.9 Å². The lowest BCUT2D eigenvalue weighted by Crippen LogP contribution is -2.42. The first kappa shape index (κ1) is 24.1. The number of anilines is 3. The Balaban J connectivity index is 0.000000516. The molecule has 8 nitrogen and oxygen atoms in total. The number of alkyl halides is 3. The van der Waals surface area contributed by atoms with Gasteiger partial charge in [-0.05, 0) is 31.7 Å². The van der Waals surface area contributed by atoms with E-state index in [4.69, 9.17) is 20.4 Å². The van der Waals surface area contributed by atoms with Crippen molar-refractivity contribution in [3.63, 3.8) is 0 Å². The van der Waals surface area contributed by atoms with Crippen LogP contribution in [0.3, 0.4) is 0 Å². The molecule has 0 atom stereocenters. The van der Waals surface area contributed by atoms with E-state index >= 15 is 0 Å². The summed E-state index contributed by atoms with van der Waals surface area (Å²) in [6, 6.07) is 3.57. The second-order valence-corrected chi connectivity index (χ2v) is 6.22. The van der Waals surface area contributed by atoms with Crippen molar-refractivity contribution in [1.29, 1.82) is 0 Å². The molecule has 1 aromatic rings. The number of carboxylic acids is 1. The van der Waals surface area contributed by atoms with E-state index in [0.29, 0.717) is 17.1 Å². The van der Waals surface area contributed by atoms with Crippen LogP contribution in [-0.2, 0) is 9.59 Å². The summed E-state index contributed by atoms with van der Waals surface area (Å²) in [6.45, 7) is 7.67. The number of nitrogens with zero attached hydrogens (tertiary/aromatic N) is 2. The molecule has 1 saturated heterocycles. The van der Waals surface area contributed by atoms with Crippen LogP contribution in [0, 0.1) is 0 Å². The van der Waals surface area contributed by atoms with Crippen molar-refractivity contribution in [3.05, 3.63) is 24.8 Å². The van der Waals surface area contributed by atoms with Gasteiger partial charge in [-0.2, -0.15) is 13.2 Å². The number of halogens is 3. The summed E-state index contributed by atoms with van der Waals surface area (Å²) in [4.78, 5) is 25.0. The zero-order valence-corrected chi connectivity index (χ0v) is 16.3. The second kappa shape index (κ2) is 10.6. The molecule has 0 radical (unpaired) electrons. The van der Waals surface area contributed by atoms with Gasteiger partial charge in [0.05, 0.1) is 24.2 Å². The molecule has 0 spiro atoms. The first-order chi connectivity index (χ1) is 13.5. The van der Waals surface area contributed by atoms with Gasteiger partial charge in [0, 0.05) is 26.2 Å². The van der Waals surface area contributed by atoms with E-state index in [1.54, 1.807) is 13.2 Å². The van der Waals surface area contributed by atoms with Gasteiger partial charge in [-0.1, -0.05) is 6.58 Å². The molecule has 0 bridgehead atoms. The zero-order valence-electron chi connectivity index (χ0n) is 16.3. The quantitative estimate of drug-likeness (QED) is 0.460. The molecule has 29 heavy (non-hydrogen) atoms. The third kappa shape index (κ3) is 7.53. The molecular weight excluding hydrogens is 393 g/mol. The predicted molar refractivity (Wildman–Crippen MR) is 104 cm³/mol. The molecule has 1 amide bonds. The number of rotatable bonds is 7. The van der Waals surface area contributed by atoms with E-state index in [1.165, 1.54) is 25.6 Å². The number of nitrogens with two attached hydrogens (primary N) is 1. The van der Waals surface area contributed by atoms with Gasteiger partial charge in [0.1, 0.15) is 5.75 Å². The van der Waals surface area contributed by atoms with E-state index in [1.807, 2.05) is 13.1 Å². The number of methoxy groups -OCH3 is 1. The number of ether oxygens (including phenoxy) is 1. The number of hydrogen-bond acceptors (Lipinski definition) is 6. The highest BCUT2D eigenvalue weighted by molar-refractivity contribution is 6.02. The number of hydrogen-bond donors (Lipinski definition) is 3. The largest absolute Gasteiger partial charge is 0.495 e. The summed E-state index contributed by atoms with van der Waals surface area (Å²) in [5.41, 5.74) is 7.97. The molecule has 0 saturated carbocycles. The Labute approximate surface area is 166 Å². The fraction of sp³-hybridized carbons (Fsp3) is 0.444. The van der Waals surface area contributed by atoms with Gasteiger partial charge in [0.15, 0.2) is 0 Å². The van der Waals surface area contributed by atoms with Crippen molar-refractivity contribution in [1.82, 2.24) is 4.90 Å². The van der Waals surface area contributed by atoms with Crippen molar-refractivity contribution in [2.24, 2.45) is 0 Å². The van der Waals surface area contributed by atoms with Gasteiger partial charge >= 0.3 is 12.1 Å². The number of amides is 1. The molecule has 1 heterocycles. The van der Waals surface area contributed by atoms with E-state index in [0.717, 1.165) is 18.8 Å². The molecule has 0 aliphatic carbocycles. The van der Waals surface area contributed by atoms with Crippen LogP contribution in [0.15, 0.2) is 24.8 Å². The van der Waals surface area contributed by atoms with Gasteiger partial charge < -0.3 is 30.7 Å². The Bertz CT molecular complexity index is 737. The molecule has 1 aliphatic rings. The Morgan fingerprint density at radius 1 is 1.41 bits per heavy atom. The van der Waals surface area contributed by atoms with Crippen LogP contribution in [0.25, 0.3) is 0 Å². The highest BCUT2D eigenvalue weighted by Crippen LogP contribution is 2.35. The number of carbonyl (C=O) groups excluding carboxylic acids is 1. The third-order valence-electron chi connectivity index (χ3n) is 4.15. The van der Waals surface area contributed by atoms with Crippen LogP contribution in [-0.4, -0.2) is 68.4 Å². The summed E-state index contributed by atoms with van der Waals surface area (Å²) in [6.07, 6.45) is -2.57. The molecule has 1 fully saturated rings. The molecule has 1 aromatic carbocycles. The van der Waals surface area contributed by atoms with E-state index in [-0.39, 0.29) is 5.91 Å². The lowest BCUT2D eigenvalue weighted by Gasteiger charge is -2.33. The molecule has 0 unspecified atom stereocenters. The Morgan fingerprint density at radius 3 is 2.41 bits per heavy atom. The van der Waals surface area contributed by atoms with Crippen molar-refractivity contribution in [3.8, 4) is 5.75 Å². The lowest BCUT2D eigenvalue weighted by molar-refractivity contribution is -0.192. The zero-order chi connectivity index (χ0) is 22.2. The molecule has 4 N–H and O–H groups in total. The maximum Gasteiger partial charge on any atom is 0.490 e. The maximum absolute atomic E-state index is 11.6. The first-order valence-electron chi connectivity index (χ1n) is 8.64. The van der Waals surface area contributed by atoms with Gasteiger partial charge in [0.25, 0.3) is 0 Å². The highest BCUT2D eigenvalue weighted by atomic mass is 19.4. The third-order valence-corrected chi connectivity index (χ3v) is 4.15.